The highest BCUT2D eigenvalue weighted by molar-refractivity contribution is 7.99. The molecule has 0 fully saturated rings. The lowest BCUT2D eigenvalue weighted by molar-refractivity contribution is -0.153. The summed E-state index contributed by atoms with van der Waals surface area (Å²) >= 11 is 1.36. The second-order valence-electron chi connectivity index (χ2n) is 5.16. The van der Waals surface area contributed by atoms with Crippen LogP contribution in [0.25, 0.3) is 0 Å². The number of carbonyl (C=O) groups excluding carboxylic acids is 1. The van der Waals surface area contributed by atoms with Crippen LogP contribution < -0.4 is 10.1 Å². The van der Waals surface area contributed by atoms with Crippen molar-refractivity contribution in [1.29, 1.82) is 0 Å². The van der Waals surface area contributed by atoms with Crippen molar-refractivity contribution >= 4 is 29.0 Å². The van der Waals surface area contributed by atoms with Gasteiger partial charge in [-0.3, -0.25) is 4.79 Å². The van der Waals surface area contributed by atoms with Crippen LogP contribution in [0.4, 0.5) is 22.0 Å². The Balaban J connectivity index is 1.98. The number of thiophene rings is 1. The van der Waals surface area contributed by atoms with Gasteiger partial charge in [0.1, 0.15) is 10.6 Å². The van der Waals surface area contributed by atoms with E-state index in [4.69, 9.17) is 0 Å². The number of nitrogens with one attached hydrogen (secondary N) is 1. The monoisotopic (exact) mass is 411 g/mol. The molecular weight excluding hydrogens is 397 g/mol. The second-order valence-corrected chi connectivity index (χ2v) is 7.11. The SMILES string of the molecule is CC(NC(=O)c1sccc1SC(F)F)c1ccc(OCC(F)(F)F)cc1. The van der Waals surface area contributed by atoms with E-state index in [0.29, 0.717) is 17.3 Å². The summed E-state index contributed by atoms with van der Waals surface area (Å²) in [6.45, 7) is 0.290. The molecule has 0 aliphatic carbocycles. The highest BCUT2D eigenvalue weighted by atomic mass is 32.2. The minimum absolute atomic E-state index is 0.0541. The molecule has 2 aromatic rings. The third-order valence-corrected chi connectivity index (χ3v) is 5.00. The number of ether oxygens (including phenoxy) is 1. The Bertz CT molecular complexity index is 731. The van der Waals surface area contributed by atoms with Gasteiger partial charge in [-0.15, -0.1) is 11.3 Å². The van der Waals surface area contributed by atoms with Crippen molar-refractivity contribution in [2.45, 2.75) is 29.8 Å². The van der Waals surface area contributed by atoms with Crippen LogP contribution in [0, 0.1) is 0 Å². The molecule has 10 heteroatoms. The molecule has 2 rings (SSSR count). The summed E-state index contributed by atoms with van der Waals surface area (Å²) in [6, 6.07) is 6.78. The number of amides is 1. The van der Waals surface area contributed by atoms with Crippen LogP contribution in [0.2, 0.25) is 0 Å². The number of benzene rings is 1. The van der Waals surface area contributed by atoms with Gasteiger partial charge in [0.2, 0.25) is 0 Å². The Hall–Kier alpha value is -1.81. The van der Waals surface area contributed by atoms with E-state index in [1.54, 1.807) is 12.3 Å². The molecule has 1 amide bonds. The second kappa shape index (κ2) is 8.72. The molecule has 0 radical (unpaired) electrons. The Kier molecular flexibility index (Phi) is 6.87. The van der Waals surface area contributed by atoms with Gasteiger partial charge in [-0.25, -0.2) is 0 Å². The van der Waals surface area contributed by atoms with Crippen LogP contribution in [0.1, 0.15) is 28.2 Å². The summed E-state index contributed by atoms with van der Waals surface area (Å²) in [4.78, 5) is 12.6. The van der Waals surface area contributed by atoms with Gasteiger partial charge in [-0.2, -0.15) is 22.0 Å². The van der Waals surface area contributed by atoms with Crippen LogP contribution >= 0.6 is 23.1 Å². The number of halogens is 5. The summed E-state index contributed by atoms with van der Waals surface area (Å²) in [5, 5.41) is 4.23. The number of hydrogen-bond acceptors (Lipinski definition) is 4. The molecular formula is C16H14F5NO2S2. The van der Waals surface area contributed by atoms with Crippen molar-refractivity contribution in [2.24, 2.45) is 0 Å². The number of thioether (sulfide) groups is 1. The highest BCUT2D eigenvalue weighted by Gasteiger charge is 2.28. The Morgan fingerprint density at radius 1 is 1.23 bits per heavy atom. The van der Waals surface area contributed by atoms with Gasteiger partial charge in [0.15, 0.2) is 6.61 Å². The maximum absolute atomic E-state index is 12.5. The molecule has 1 aromatic carbocycles. The summed E-state index contributed by atoms with van der Waals surface area (Å²) in [6.07, 6.45) is -4.42. The molecule has 0 bridgehead atoms. The van der Waals surface area contributed by atoms with Crippen molar-refractivity contribution < 1.29 is 31.5 Å². The average molecular weight is 411 g/mol. The van der Waals surface area contributed by atoms with E-state index in [1.807, 2.05) is 0 Å². The van der Waals surface area contributed by atoms with E-state index in [9.17, 15) is 26.7 Å². The molecule has 1 aromatic heterocycles. The molecule has 142 valence electrons. The molecule has 1 N–H and O–H groups in total. The van der Waals surface area contributed by atoms with Gasteiger partial charge in [-0.1, -0.05) is 23.9 Å². The first-order chi connectivity index (χ1) is 12.2. The molecule has 0 aliphatic rings. The summed E-state index contributed by atoms with van der Waals surface area (Å²) < 4.78 is 66.0. The van der Waals surface area contributed by atoms with Crippen LogP contribution in [0.5, 0.6) is 5.75 Å². The topological polar surface area (TPSA) is 38.3 Å². The molecule has 1 atom stereocenters. The number of hydrogen-bond donors (Lipinski definition) is 1. The zero-order valence-corrected chi connectivity index (χ0v) is 15.0. The zero-order chi connectivity index (χ0) is 19.3. The van der Waals surface area contributed by atoms with Crippen molar-refractivity contribution in [1.82, 2.24) is 5.32 Å². The first-order valence-electron chi connectivity index (χ1n) is 7.28. The van der Waals surface area contributed by atoms with Gasteiger partial charge >= 0.3 is 6.18 Å². The zero-order valence-electron chi connectivity index (χ0n) is 13.3. The fourth-order valence-electron chi connectivity index (χ4n) is 2.02. The van der Waals surface area contributed by atoms with E-state index in [2.05, 4.69) is 10.1 Å². The molecule has 0 aliphatic heterocycles. The minimum atomic E-state index is -4.42. The van der Waals surface area contributed by atoms with Gasteiger partial charge in [0.25, 0.3) is 11.7 Å². The first kappa shape index (κ1) is 20.5. The third-order valence-electron chi connectivity index (χ3n) is 3.18. The van der Waals surface area contributed by atoms with E-state index in [-0.39, 0.29) is 15.5 Å². The number of carbonyl (C=O) groups is 1. The summed E-state index contributed by atoms with van der Waals surface area (Å²) in [7, 11) is 0. The standard InChI is InChI=1S/C16H14F5NO2S2/c1-9(10-2-4-11(5-3-10)24-8-16(19,20)21)22-14(23)13-12(6-7-25-13)26-15(17)18/h2-7,9,15H,8H2,1H3,(H,22,23). The van der Waals surface area contributed by atoms with Crippen molar-refractivity contribution in [3.8, 4) is 5.75 Å². The molecule has 1 unspecified atom stereocenters. The maximum atomic E-state index is 12.5. The van der Waals surface area contributed by atoms with E-state index < -0.39 is 30.5 Å². The van der Waals surface area contributed by atoms with Gasteiger partial charge < -0.3 is 10.1 Å². The van der Waals surface area contributed by atoms with Crippen molar-refractivity contribution in [3.05, 3.63) is 46.2 Å². The van der Waals surface area contributed by atoms with E-state index in [1.165, 1.54) is 30.3 Å². The lowest BCUT2D eigenvalue weighted by Gasteiger charge is -2.15. The summed E-state index contributed by atoms with van der Waals surface area (Å²) in [5.41, 5.74) is 0.636. The minimum Gasteiger partial charge on any atom is -0.484 e. The smallest absolute Gasteiger partial charge is 0.422 e. The average Bonchev–Trinajstić information content (AvgIpc) is 3.00. The Labute approximate surface area is 154 Å². The van der Waals surface area contributed by atoms with E-state index >= 15 is 0 Å². The van der Waals surface area contributed by atoms with Gasteiger partial charge in [-0.05, 0) is 36.1 Å². The van der Waals surface area contributed by atoms with Crippen LogP contribution in [-0.2, 0) is 0 Å². The number of rotatable bonds is 7. The molecule has 0 saturated carbocycles. The fourth-order valence-corrected chi connectivity index (χ4v) is 3.62. The molecule has 1 heterocycles. The lowest BCUT2D eigenvalue weighted by atomic mass is 10.1. The predicted molar refractivity (Wildman–Crippen MR) is 90.1 cm³/mol. The normalized spacial score (nSPS) is 12.9. The Morgan fingerprint density at radius 2 is 1.88 bits per heavy atom. The van der Waals surface area contributed by atoms with Crippen LogP contribution in [0.15, 0.2) is 40.6 Å². The predicted octanol–water partition coefficient (Wildman–Crippen LogP) is 5.49. The van der Waals surface area contributed by atoms with Gasteiger partial charge in [0.05, 0.1) is 6.04 Å². The van der Waals surface area contributed by atoms with Crippen LogP contribution in [-0.4, -0.2) is 24.4 Å². The Morgan fingerprint density at radius 3 is 2.46 bits per heavy atom. The van der Waals surface area contributed by atoms with Crippen molar-refractivity contribution in [3.63, 3.8) is 0 Å². The quantitative estimate of drug-likeness (QED) is 0.483. The molecule has 0 saturated heterocycles. The third kappa shape index (κ3) is 6.17. The van der Waals surface area contributed by atoms with Crippen LogP contribution in [0.3, 0.4) is 0 Å². The number of alkyl halides is 5. The summed E-state index contributed by atoms with van der Waals surface area (Å²) in [5.74, 6) is -3.07. The van der Waals surface area contributed by atoms with Crippen molar-refractivity contribution in [2.75, 3.05) is 6.61 Å². The molecule has 0 spiro atoms. The largest absolute Gasteiger partial charge is 0.484 e. The fraction of sp³-hybridized carbons (Fsp3) is 0.312. The maximum Gasteiger partial charge on any atom is 0.422 e. The van der Waals surface area contributed by atoms with Gasteiger partial charge in [0, 0.05) is 4.90 Å². The van der Waals surface area contributed by atoms with E-state index in [0.717, 1.165) is 11.3 Å². The highest BCUT2D eigenvalue weighted by Crippen LogP contribution is 2.32. The molecule has 26 heavy (non-hydrogen) atoms. The lowest BCUT2D eigenvalue weighted by Crippen LogP contribution is -2.26. The first-order valence-corrected chi connectivity index (χ1v) is 9.04. The molecule has 3 nitrogen and oxygen atoms in total.